The van der Waals surface area contributed by atoms with Gasteiger partial charge in [0.25, 0.3) is 0 Å². The van der Waals surface area contributed by atoms with Crippen molar-refractivity contribution < 1.29 is 4.39 Å². The van der Waals surface area contributed by atoms with Crippen molar-refractivity contribution in [3.8, 4) is 11.4 Å². The quantitative estimate of drug-likeness (QED) is 0.813. The molecule has 0 amide bonds. The Kier molecular flexibility index (Phi) is 3.01. The van der Waals surface area contributed by atoms with E-state index in [0.717, 1.165) is 5.75 Å². The number of hydrogen-bond donors (Lipinski definition) is 1. The van der Waals surface area contributed by atoms with E-state index in [1.165, 1.54) is 17.8 Å². The molecule has 2 rings (SSSR count). The van der Waals surface area contributed by atoms with E-state index in [-0.39, 0.29) is 5.82 Å². The molecule has 0 aliphatic carbocycles. The van der Waals surface area contributed by atoms with E-state index in [0.29, 0.717) is 16.5 Å². The van der Waals surface area contributed by atoms with Crippen molar-refractivity contribution in [2.24, 2.45) is 0 Å². The summed E-state index contributed by atoms with van der Waals surface area (Å²) in [6.07, 6.45) is 0. The third-order valence-electron chi connectivity index (χ3n) is 1.87. The number of thioether (sulfide) groups is 1. The van der Waals surface area contributed by atoms with Crippen LogP contribution >= 0.6 is 11.8 Å². The molecule has 0 fully saturated rings. The van der Waals surface area contributed by atoms with Crippen molar-refractivity contribution in [2.45, 2.75) is 12.1 Å². The lowest BCUT2D eigenvalue weighted by Crippen LogP contribution is -1.85. The van der Waals surface area contributed by atoms with Crippen LogP contribution in [-0.2, 0) is 0 Å². The summed E-state index contributed by atoms with van der Waals surface area (Å²) in [6.45, 7) is 2.02. The number of halogens is 1. The van der Waals surface area contributed by atoms with Crippen LogP contribution in [0.3, 0.4) is 0 Å². The van der Waals surface area contributed by atoms with Gasteiger partial charge in [-0.25, -0.2) is 9.37 Å². The normalized spacial score (nSPS) is 10.5. The highest BCUT2D eigenvalue weighted by atomic mass is 32.2. The lowest BCUT2D eigenvalue weighted by Gasteiger charge is -1.96. The SMILES string of the molecule is CCSc1n[nH]c(-c2ccccc2F)n1. The number of nitrogens with one attached hydrogen (secondary N) is 1. The molecule has 1 aromatic carbocycles. The molecule has 0 saturated carbocycles. The van der Waals surface area contributed by atoms with Gasteiger partial charge in [-0.1, -0.05) is 30.8 Å². The van der Waals surface area contributed by atoms with Gasteiger partial charge in [-0.05, 0) is 17.9 Å². The fourth-order valence-corrected chi connectivity index (χ4v) is 1.74. The summed E-state index contributed by atoms with van der Waals surface area (Å²) in [4.78, 5) is 4.19. The molecular weight excluding hydrogens is 213 g/mol. The molecule has 2 aromatic rings. The number of rotatable bonds is 3. The van der Waals surface area contributed by atoms with E-state index in [1.54, 1.807) is 18.2 Å². The predicted octanol–water partition coefficient (Wildman–Crippen LogP) is 2.72. The van der Waals surface area contributed by atoms with Crippen molar-refractivity contribution >= 4 is 11.8 Å². The molecule has 0 radical (unpaired) electrons. The number of aromatic nitrogens is 3. The van der Waals surface area contributed by atoms with Crippen molar-refractivity contribution in [1.29, 1.82) is 0 Å². The van der Waals surface area contributed by atoms with Gasteiger partial charge in [0, 0.05) is 0 Å². The molecule has 1 N–H and O–H groups in total. The summed E-state index contributed by atoms with van der Waals surface area (Å²) in [5.41, 5.74) is 0.452. The van der Waals surface area contributed by atoms with Gasteiger partial charge in [-0.15, -0.1) is 5.10 Å². The zero-order valence-corrected chi connectivity index (χ0v) is 9.01. The maximum Gasteiger partial charge on any atom is 0.208 e. The monoisotopic (exact) mass is 223 g/mol. The maximum absolute atomic E-state index is 13.4. The second kappa shape index (κ2) is 4.44. The van der Waals surface area contributed by atoms with Crippen LogP contribution in [0, 0.1) is 5.82 Å². The van der Waals surface area contributed by atoms with Crippen molar-refractivity contribution in [3.05, 3.63) is 30.1 Å². The molecule has 5 heteroatoms. The Morgan fingerprint density at radius 1 is 1.40 bits per heavy atom. The molecule has 0 spiro atoms. The summed E-state index contributed by atoms with van der Waals surface area (Å²) in [5.74, 6) is 1.08. The summed E-state index contributed by atoms with van der Waals surface area (Å²) in [7, 11) is 0. The number of hydrogen-bond acceptors (Lipinski definition) is 3. The molecule has 0 unspecified atom stereocenters. The van der Waals surface area contributed by atoms with Crippen LogP contribution in [0.1, 0.15) is 6.92 Å². The van der Waals surface area contributed by atoms with Gasteiger partial charge in [0.1, 0.15) is 5.82 Å². The number of benzene rings is 1. The third kappa shape index (κ3) is 2.18. The standard InChI is InChI=1S/C10H10FN3S/c1-2-15-10-12-9(13-14-10)7-5-3-4-6-8(7)11/h3-6H,2H2,1H3,(H,12,13,14). The van der Waals surface area contributed by atoms with Gasteiger partial charge < -0.3 is 0 Å². The first-order chi connectivity index (χ1) is 7.31. The van der Waals surface area contributed by atoms with Crippen molar-refractivity contribution in [3.63, 3.8) is 0 Å². The molecule has 0 saturated heterocycles. The van der Waals surface area contributed by atoms with E-state index in [4.69, 9.17) is 0 Å². The predicted molar refractivity (Wildman–Crippen MR) is 58.2 cm³/mol. The molecule has 1 aromatic heterocycles. The Labute approximate surface area is 91.1 Å². The van der Waals surface area contributed by atoms with Gasteiger partial charge in [-0.3, -0.25) is 5.10 Å². The first kappa shape index (κ1) is 10.2. The van der Waals surface area contributed by atoms with Crippen LogP contribution in [0.15, 0.2) is 29.4 Å². The average molecular weight is 223 g/mol. The second-order valence-corrected chi connectivity index (χ2v) is 4.11. The average Bonchev–Trinajstić information content (AvgIpc) is 2.68. The summed E-state index contributed by atoms with van der Waals surface area (Å²) < 4.78 is 13.4. The fraction of sp³-hybridized carbons (Fsp3) is 0.200. The van der Waals surface area contributed by atoms with E-state index in [1.807, 2.05) is 6.92 Å². The first-order valence-corrected chi connectivity index (χ1v) is 5.60. The summed E-state index contributed by atoms with van der Waals surface area (Å²) >= 11 is 1.52. The van der Waals surface area contributed by atoms with E-state index in [9.17, 15) is 4.39 Å². The van der Waals surface area contributed by atoms with Crippen LogP contribution in [0.25, 0.3) is 11.4 Å². The molecule has 78 valence electrons. The molecule has 0 atom stereocenters. The summed E-state index contributed by atoms with van der Waals surface area (Å²) in [6, 6.07) is 6.51. The second-order valence-electron chi connectivity index (χ2n) is 2.88. The largest absolute Gasteiger partial charge is 0.258 e. The number of aromatic amines is 1. The Bertz CT molecular complexity index is 455. The zero-order chi connectivity index (χ0) is 10.7. The van der Waals surface area contributed by atoms with Gasteiger partial charge >= 0.3 is 0 Å². The highest BCUT2D eigenvalue weighted by Crippen LogP contribution is 2.21. The Morgan fingerprint density at radius 2 is 2.20 bits per heavy atom. The Hall–Kier alpha value is -1.36. The highest BCUT2D eigenvalue weighted by Gasteiger charge is 2.08. The minimum Gasteiger partial charge on any atom is -0.258 e. The van der Waals surface area contributed by atoms with Crippen LogP contribution in [-0.4, -0.2) is 20.9 Å². The minimum atomic E-state index is -0.290. The Balaban J connectivity index is 2.33. The van der Waals surface area contributed by atoms with Gasteiger partial charge in [0.05, 0.1) is 5.56 Å². The smallest absolute Gasteiger partial charge is 0.208 e. The van der Waals surface area contributed by atoms with Crippen LogP contribution < -0.4 is 0 Å². The molecule has 1 heterocycles. The lowest BCUT2D eigenvalue weighted by molar-refractivity contribution is 0.630. The van der Waals surface area contributed by atoms with Gasteiger partial charge in [0.15, 0.2) is 5.82 Å². The lowest BCUT2D eigenvalue weighted by atomic mass is 10.2. The third-order valence-corrected chi connectivity index (χ3v) is 2.60. The van der Waals surface area contributed by atoms with Crippen molar-refractivity contribution in [1.82, 2.24) is 15.2 Å². The van der Waals surface area contributed by atoms with Gasteiger partial charge in [0.2, 0.25) is 5.16 Å². The van der Waals surface area contributed by atoms with Crippen LogP contribution in [0.5, 0.6) is 0 Å². The molecule has 15 heavy (non-hydrogen) atoms. The van der Waals surface area contributed by atoms with Gasteiger partial charge in [-0.2, -0.15) is 0 Å². The molecule has 0 bridgehead atoms. The van der Waals surface area contributed by atoms with Crippen LogP contribution in [0.4, 0.5) is 4.39 Å². The molecule has 3 nitrogen and oxygen atoms in total. The first-order valence-electron chi connectivity index (χ1n) is 4.61. The van der Waals surface area contributed by atoms with Crippen LogP contribution in [0.2, 0.25) is 0 Å². The van der Waals surface area contributed by atoms with E-state index in [2.05, 4.69) is 15.2 Å². The van der Waals surface area contributed by atoms with Crippen molar-refractivity contribution in [2.75, 3.05) is 5.75 Å². The number of H-pyrrole nitrogens is 1. The molecule has 0 aliphatic rings. The zero-order valence-electron chi connectivity index (χ0n) is 8.20. The van der Waals surface area contributed by atoms with E-state index >= 15 is 0 Å². The minimum absolute atomic E-state index is 0.290. The topological polar surface area (TPSA) is 41.6 Å². The highest BCUT2D eigenvalue weighted by molar-refractivity contribution is 7.99. The fourth-order valence-electron chi connectivity index (χ4n) is 1.21. The molecular formula is C10H10FN3S. The summed E-state index contributed by atoms with van der Waals surface area (Å²) in [5, 5.41) is 7.36. The molecule has 0 aliphatic heterocycles. The number of nitrogens with zero attached hydrogens (tertiary/aromatic N) is 2. The maximum atomic E-state index is 13.4. The van der Waals surface area contributed by atoms with E-state index < -0.39 is 0 Å². The Morgan fingerprint density at radius 3 is 2.93 bits per heavy atom.